The van der Waals surface area contributed by atoms with Gasteiger partial charge < -0.3 is 10.2 Å². The van der Waals surface area contributed by atoms with Gasteiger partial charge in [0.15, 0.2) is 5.17 Å². The Morgan fingerprint density at radius 1 is 1.33 bits per heavy atom. The number of nitrogens with zero attached hydrogens (tertiary/aromatic N) is 2. The number of nitrogens with one attached hydrogen (secondary N) is 1. The van der Waals surface area contributed by atoms with Crippen molar-refractivity contribution in [2.45, 2.75) is 27.2 Å². The molecule has 1 aromatic carbocycles. The molecule has 1 aromatic rings. The molecule has 2 aliphatic heterocycles. The Morgan fingerprint density at radius 3 is 2.76 bits per heavy atom. The molecule has 5 heteroatoms. The molecule has 3 rings (SSSR count). The average Bonchev–Trinajstić information content (AvgIpc) is 2.99. The summed E-state index contributed by atoms with van der Waals surface area (Å²) in [6, 6.07) is 4.19. The van der Waals surface area contributed by atoms with Crippen molar-refractivity contribution < 1.29 is 4.79 Å². The van der Waals surface area contributed by atoms with E-state index in [0.717, 1.165) is 40.8 Å². The number of rotatable bonds is 3. The third-order valence-corrected chi connectivity index (χ3v) is 4.68. The summed E-state index contributed by atoms with van der Waals surface area (Å²) in [5, 5.41) is 6.12. The Hall–Kier alpha value is -1.75. The second-order valence-corrected chi connectivity index (χ2v) is 6.38. The van der Waals surface area contributed by atoms with Crippen LogP contribution in [0, 0.1) is 20.8 Å². The van der Waals surface area contributed by atoms with E-state index >= 15 is 0 Å². The van der Waals surface area contributed by atoms with Crippen molar-refractivity contribution in [2.75, 3.05) is 18.4 Å². The van der Waals surface area contributed by atoms with Crippen LogP contribution in [0.4, 0.5) is 5.69 Å². The van der Waals surface area contributed by atoms with Crippen molar-refractivity contribution in [3.8, 4) is 0 Å². The molecule has 0 bridgehead atoms. The zero-order chi connectivity index (χ0) is 15.0. The van der Waals surface area contributed by atoms with Crippen LogP contribution in [0.5, 0.6) is 0 Å². The first-order valence-corrected chi connectivity index (χ1v) is 7.98. The van der Waals surface area contributed by atoms with Crippen molar-refractivity contribution in [2.24, 2.45) is 4.99 Å². The van der Waals surface area contributed by atoms with E-state index in [9.17, 15) is 4.79 Å². The summed E-state index contributed by atoms with van der Waals surface area (Å²) in [5.41, 5.74) is 5.43. The molecule has 21 heavy (non-hydrogen) atoms. The number of aryl methyl sites for hydroxylation is 3. The highest BCUT2D eigenvalue weighted by Gasteiger charge is 2.27. The molecule has 0 aliphatic carbocycles. The predicted molar refractivity (Wildman–Crippen MR) is 88.6 cm³/mol. The molecule has 2 heterocycles. The van der Waals surface area contributed by atoms with Gasteiger partial charge in [0.2, 0.25) is 5.91 Å². The van der Waals surface area contributed by atoms with Gasteiger partial charge in [-0.1, -0.05) is 29.5 Å². The molecular formula is C16H19N3OS. The number of benzene rings is 1. The van der Waals surface area contributed by atoms with E-state index in [1.165, 1.54) is 5.56 Å². The van der Waals surface area contributed by atoms with E-state index in [1.54, 1.807) is 11.8 Å². The van der Waals surface area contributed by atoms with Gasteiger partial charge in [-0.25, -0.2) is 0 Å². The van der Waals surface area contributed by atoms with E-state index in [1.807, 2.05) is 19.3 Å². The summed E-state index contributed by atoms with van der Waals surface area (Å²) < 4.78 is 0. The van der Waals surface area contributed by atoms with Gasteiger partial charge >= 0.3 is 0 Å². The molecule has 2 aliphatic rings. The molecule has 0 radical (unpaired) electrons. The van der Waals surface area contributed by atoms with Crippen LogP contribution >= 0.6 is 11.8 Å². The van der Waals surface area contributed by atoms with Crippen LogP contribution in [0.15, 0.2) is 28.2 Å². The van der Waals surface area contributed by atoms with E-state index in [4.69, 9.17) is 0 Å². The number of amidine groups is 1. The number of amides is 1. The SMILES string of the molecule is Cc1cc(C)c(NC(=O)CC2=CSC3=NCCN23)c(C)c1. The number of hydrogen-bond acceptors (Lipinski definition) is 4. The quantitative estimate of drug-likeness (QED) is 0.932. The maximum atomic E-state index is 12.3. The summed E-state index contributed by atoms with van der Waals surface area (Å²) in [7, 11) is 0. The molecule has 0 atom stereocenters. The largest absolute Gasteiger partial charge is 0.325 e. The van der Waals surface area contributed by atoms with Crippen molar-refractivity contribution in [3.05, 3.63) is 39.9 Å². The average molecular weight is 301 g/mol. The minimum absolute atomic E-state index is 0.0325. The molecule has 0 unspecified atom stereocenters. The van der Waals surface area contributed by atoms with E-state index in [-0.39, 0.29) is 5.91 Å². The first-order chi connectivity index (χ1) is 10.0. The molecule has 110 valence electrons. The number of aliphatic imine (C=N–C) groups is 1. The highest BCUT2D eigenvalue weighted by atomic mass is 32.2. The van der Waals surface area contributed by atoms with Crippen LogP contribution in [-0.4, -0.2) is 29.1 Å². The van der Waals surface area contributed by atoms with Gasteiger partial charge in [0.25, 0.3) is 0 Å². The Labute approximate surface area is 129 Å². The highest BCUT2D eigenvalue weighted by molar-refractivity contribution is 8.16. The van der Waals surface area contributed by atoms with Gasteiger partial charge in [0, 0.05) is 17.9 Å². The van der Waals surface area contributed by atoms with Crippen molar-refractivity contribution in [1.82, 2.24) is 4.90 Å². The Morgan fingerprint density at radius 2 is 2.05 bits per heavy atom. The number of anilines is 1. The molecule has 1 N–H and O–H groups in total. The fraction of sp³-hybridized carbons (Fsp3) is 0.375. The Bertz CT molecular complexity index is 640. The van der Waals surface area contributed by atoms with Crippen LogP contribution in [-0.2, 0) is 4.79 Å². The minimum atomic E-state index is 0.0325. The van der Waals surface area contributed by atoms with Crippen LogP contribution in [0.25, 0.3) is 0 Å². The summed E-state index contributed by atoms with van der Waals surface area (Å²) in [6.45, 7) is 7.86. The summed E-state index contributed by atoms with van der Waals surface area (Å²) in [6.07, 6.45) is 0.402. The molecule has 0 saturated heterocycles. The first kappa shape index (κ1) is 14.2. The maximum absolute atomic E-state index is 12.3. The monoisotopic (exact) mass is 301 g/mol. The summed E-state index contributed by atoms with van der Waals surface area (Å²) >= 11 is 1.61. The summed E-state index contributed by atoms with van der Waals surface area (Å²) in [5.74, 6) is 0.0325. The van der Waals surface area contributed by atoms with Gasteiger partial charge in [-0.2, -0.15) is 0 Å². The minimum Gasteiger partial charge on any atom is -0.325 e. The van der Waals surface area contributed by atoms with Crippen LogP contribution in [0.2, 0.25) is 0 Å². The number of carbonyl (C=O) groups excluding carboxylic acids is 1. The topological polar surface area (TPSA) is 44.7 Å². The van der Waals surface area contributed by atoms with Gasteiger partial charge in [-0.05, 0) is 37.3 Å². The molecule has 4 nitrogen and oxygen atoms in total. The van der Waals surface area contributed by atoms with Crippen LogP contribution < -0.4 is 5.32 Å². The number of fused-ring (bicyclic) bond motifs is 1. The Kier molecular flexibility index (Phi) is 3.76. The van der Waals surface area contributed by atoms with Crippen LogP contribution in [0.3, 0.4) is 0 Å². The van der Waals surface area contributed by atoms with E-state index in [0.29, 0.717) is 6.42 Å². The lowest BCUT2D eigenvalue weighted by Gasteiger charge is -2.17. The number of carbonyl (C=O) groups is 1. The normalized spacial score (nSPS) is 16.6. The van der Waals surface area contributed by atoms with Crippen molar-refractivity contribution in [3.63, 3.8) is 0 Å². The number of thioether (sulfide) groups is 1. The van der Waals surface area contributed by atoms with E-state index < -0.39 is 0 Å². The molecular weight excluding hydrogens is 282 g/mol. The number of hydrogen-bond donors (Lipinski definition) is 1. The molecule has 0 fully saturated rings. The van der Waals surface area contributed by atoms with Crippen LogP contribution in [0.1, 0.15) is 23.1 Å². The smallest absolute Gasteiger partial charge is 0.230 e. The van der Waals surface area contributed by atoms with Gasteiger partial charge in [-0.3, -0.25) is 9.79 Å². The standard InChI is InChI=1S/C16H19N3OS/c1-10-6-11(2)15(12(3)7-10)18-14(20)8-13-9-21-16-17-4-5-19(13)16/h6-7,9H,4-5,8H2,1-3H3,(H,18,20). The van der Waals surface area contributed by atoms with Crippen molar-refractivity contribution >= 4 is 28.5 Å². The predicted octanol–water partition coefficient (Wildman–Crippen LogP) is 3.20. The lowest BCUT2D eigenvalue weighted by molar-refractivity contribution is -0.115. The second-order valence-electron chi connectivity index (χ2n) is 5.54. The molecule has 0 aromatic heterocycles. The molecule has 0 saturated carbocycles. The van der Waals surface area contributed by atoms with Gasteiger partial charge in [-0.15, -0.1) is 0 Å². The molecule has 1 amide bonds. The Balaban J connectivity index is 1.69. The van der Waals surface area contributed by atoms with Gasteiger partial charge in [0.1, 0.15) is 0 Å². The molecule has 0 spiro atoms. The lowest BCUT2D eigenvalue weighted by Crippen LogP contribution is -2.24. The fourth-order valence-corrected chi connectivity index (χ4v) is 3.79. The first-order valence-electron chi connectivity index (χ1n) is 7.10. The fourth-order valence-electron chi connectivity index (χ4n) is 2.84. The zero-order valence-corrected chi connectivity index (χ0v) is 13.4. The third-order valence-electron chi connectivity index (χ3n) is 3.73. The van der Waals surface area contributed by atoms with E-state index in [2.05, 4.69) is 34.3 Å². The van der Waals surface area contributed by atoms with Crippen molar-refractivity contribution in [1.29, 1.82) is 0 Å². The lowest BCUT2D eigenvalue weighted by atomic mass is 10.0. The maximum Gasteiger partial charge on any atom is 0.230 e. The second kappa shape index (κ2) is 5.56. The zero-order valence-electron chi connectivity index (χ0n) is 12.6. The van der Waals surface area contributed by atoms with Gasteiger partial charge in [0.05, 0.1) is 13.0 Å². The summed E-state index contributed by atoms with van der Waals surface area (Å²) in [4.78, 5) is 18.9. The highest BCUT2D eigenvalue weighted by Crippen LogP contribution is 2.31. The third kappa shape index (κ3) is 2.83.